The summed E-state index contributed by atoms with van der Waals surface area (Å²) in [5.74, 6) is -1.03. The highest BCUT2D eigenvalue weighted by atomic mass is 35.5. The Kier molecular flexibility index (Phi) is 9.32. The first kappa shape index (κ1) is 28.3. The number of hydrogen-bond donors (Lipinski definition) is 2. The van der Waals surface area contributed by atoms with Crippen LogP contribution >= 0.6 is 23.4 Å². The van der Waals surface area contributed by atoms with Gasteiger partial charge in [-0.2, -0.15) is 0 Å². The number of amides is 1. The van der Waals surface area contributed by atoms with Gasteiger partial charge < -0.3 is 10.4 Å². The maximum atomic E-state index is 14.5. The molecule has 0 unspecified atom stereocenters. The van der Waals surface area contributed by atoms with Gasteiger partial charge in [-0.3, -0.25) is 19.0 Å². The fraction of sp³-hybridized carbons (Fsp3) is 0.214. The van der Waals surface area contributed by atoms with Crippen LogP contribution in [0.2, 0.25) is 5.02 Å². The lowest BCUT2D eigenvalue weighted by Gasteiger charge is -2.14. The molecule has 2 N–H and O–H groups in total. The standard InChI is InChI=1S/C27H22ClF2N3O2S.CH2O2/c28-20-12-11-19(15-22(20)30)33-26(35)25-21(29)6-2-7-23(25)32-27(33)36-13-3-8-24(34)31-18-10-9-16-4-1-5-17(16)14-18;2-1-3/h2,6-7,9-12,14-15H,1,3-5,8,13H2,(H,31,34);1H,(H,2,3). The van der Waals surface area contributed by atoms with Crippen LogP contribution in [0.1, 0.15) is 30.4 Å². The summed E-state index contributed by atoms with van der Waals surface area (Å²) in [6.45, 7) is -0.250. The summed E-state index contributed by atoms with van der Waals surface area (Å²) in [5, 5.41) is 9.85. The van der Waals surface area contributed by atoms with Crippen molar-refractivity contribution < 1.29 is 23.5 Å². The Morgan fingerprint density at radius 2 is 1.87 bits per heavy atom. The molecule has 0 bridgehead atoms. The fourth-order valence-electron chi connectivity index (χ4n) is 4.39. The minimum Gasteiger partial charge on any atom is -0.483 e. The van der Waals surface area contributed by atoms with E-state index in [9.17, 15) is 18.4 Å². The number of carbonyl (C=O) groups excluding carboxylic acids is 1. The first-order valence-electron chi connectivity index (χ1n) is 12.1. The van der Waals surface area contributed by atoms with Crippen molar-refractivity contribution in [3.63, 3.8) is 0 Å². The number of thioether (sulfide) groups is 1. The third-order valence-corrected chi connectivity index (χ3v) is 7.47. The second-order valence-corrected chi connectivity index (χ2v) is 10.2. The van der Waals surface area contributed by atoms with E-state index in [1.165, 1.54) is 51.7 Å². The summed E-state index contributed by atoms with van der Waals surface area (Å²) in [6, 6.07) is 14.2. The van der Waals surface area contributed by atoms with Crippen LogP contribution in [0, 0.1) is 11.6 Å². The predicted octanol–water partition coefficient (Wildman–Crippen LogP) is 6.02. The molecule has 1 aliphatic rings. The molecule has 0 spiro atoms. The zero-order valence-electron chi connectivity index (χ0n) is 20.6. The van der Waals surface area contributed by atoms with Gasteiger partial charge >= 0.3 is 0 Å². The quantitative estimate of drug-likeness (QED) is 0.122. The van der Waals surface area contributed by atoms with E-state index >= 15 is 0 Å². The normalized spacial score (nSPS) is 12.0. The topological polar surface area (TPSA) is 101 Å². The summed E-state index contributed by atoms with van der Waals surface area (Å²) >= 11 is 7.05. The third kappa shape index (κ3) is 6.63. The van der Waals surface area contributed by atoms with Gasteiger partial charge in [0.2, 0.25) is 5.91 Å². The van der Waals surface area contributed by atoms with E-state index in [0.29, 0.717) is 12.2 Å². The number of nitrogens with one attached hydrogen (secondary N) is 1. The second-order valence-electron chi connectivity index (χ2n) is 8.71. The van der Waals surface area contributed by atoms with E-state index in [0.717, 1.165) is 31.0 Å². The average Bonchev–Trinajstić information content (AvgIpc) is 3.37. The van der Waals surface area contributed by atoms with Crippen molar-refractivity contribution in [3.8, 4) is 5.69 Å². The Morgan fingerprint density at radius 3 is 2.64 bits per heavy atom. The van der Waals surface area contributed by atoms with Crippen molar-refractivity contribution >= 4 is 52.3 Å². The van der Waals surface area contributed by atoms with E-state index in [4.69, 9.17) is 21.5 Å². The number of aryl methyl sites for hydroxylation is 2. The van der Waals surface area contributed by atoms with Gasteiger partial charge in [0.25, 0.3) is 12.0 Å². The van der Waals surface area contributed by atoms with Crippen molar-refractivity contribution in [1.82, 2.24) is 9.55 Å². The van der Waals surface area contributed by atoms with Crippen LogP contribution < -0.4 is 10.9 Å². The number of halogens is 3. The molecule has 0 fully saturated rings. The number of rotatable bonds is 7. The maximum Gasteiger partial charge on any atom is 0.290 e. The molecular formula is C28H24ClF2N3O4S. The molecule has 4 aromatic rings. The van der Waals surface area contributed by atoms with Gasteiger partial charge in [0.05, 0.1) is 16.2 Å². The molecular weight excluding hydrogens is 548 g/mol. The van der Waals surface area contributed by atoms with Crippen LogP contribution in [-0.4, -0.2) is 32.8 Å². The largest absolute Gasteiger partial charge is 0.483 e. The van der Waals surface area contributed by atoms with Gasteiger partial charge in [0.15, 0.2) is 5.16 Å². The maximum absolute atomic E-state index is 14.5. The van der Waals surface area contributed by atoms with E-state index in [1.807, 2.05) is 12.1 Å². The Balaban J connectivity index is 0.00000112. The van der Waals surface area contributed by atoms with Crippen LogP contribution in [0.4, 0.5) is 14.5 Å². The SMILES string of the molecule is O=C(CCCSc1nc2cccc(F)c2c(=O)n1-c1ccc(Cl)c(F)c1)Nc1ccc2c(c1)CCC2.O=CO. The van der Waals surface area contributed by atoms with E-state index < -0.39 is 17.2 Å². The zero-order chi connectivity index (χ0) is 27.9. The molecule has 0 radical (unpaired) electrons. The number of hydrogen-bond acceptors (Lipinski definition) is 5. The summed E-state index contributed by atoms with van der Waals surface area (Å²) in [7, 11) is 0. The van der Waals surface area contributed by atoms with Crippen LogP contribution in [-0.2, 0) is 22.4 Å². The molecule has 0 atom stereocenters. The van der Waals surface area contributed by atoms with Gasteiger partial charge in [-0.15, -0.1) is 0 Å². The van der Waals surface area contributed by atoms with Crippen LogP contribution in [0.25, 0.3) is 16.6 Å². The minimum absolute atomic E-state index is 0.0877. The van der Waals surface area contributed by atoms with Gasteiger partial charge in [-0.1, -0.05) is 35.5 Å². The molecule has 7 nitrogen and oxygen atoms in total. The number of aromatic nitrogens is 2. The van der Waals surface area contributed by atoms with Gasteiger partial charge in [-0.25, -0.2) is 13.8 Å². The van der Waals surface area contributed by atoms with Crippen molar-refractivity contribution in [1.29, 1.82) is 0 Å². The van der Waals surface area contributed by atoms with Crippen molar-refractivity contribution in [2.24, 2.45) is 0 Å². The highest BCUT2D eigenvalue weighted by Crippen LogP contribution is 2.27. The lowest BCUT2D eigenvalue weighted by Crippen LogP contribution is -2.23. The van der Waals surface area contributed by atoms with Crippen LogP contribution in [0.5, 0.6) is 0 Å². The number of fused-ring (bicyclic) bond motifs is 2. The number of benzene rings is 3. The molecule has 202 valence electrons. The Morgan fingerprint density at radius 1 is 1.10 bits per heavy atom. The molecule has 11 heteroatoms. The molecule has 0 saturated heterocycles. The minimum atomic E-state index is -0.701. The van der Waals surface area contributed by atoms with E-state index in [-0.39, 0.29) is 45.6 Å². The molecule has 0 aliphatic heterocycles. The smallest absolute Gasteiger partial charge is 0.290 e. The lowest BCUT2D eigenvalue weighted by atomic mass is 10.1. The lowest BCUT2D eigenvalue weighted by molar-refractivity contribution is -0.123. The Hall–Kier alpha value is -3.76. The number of carbonyl (C=O) groups is 2. The zero-order valence-corrected chi connectivity index (χ0v) is 22.2. The van der Waals surface area contributed by atoms with Crippen LogP contribution in [0.3, 0.4) is 0 Å². The van der Waals surface area contributed by atoms with E-state index in [1.54, 1.807) is 6.07 Å². The molecule has 1 heterocycles. The molecule has 0 saturated carbocycles. The summed E-state index contributed by atoms with van der Waals surface area (Å²) < 4.78 is 29.8. The third-order valence-electron chi connectivity index (χ3n) is 6.14. The first-order chi connectivity index (χ1) is 18.8. The Bertz CT molecular complexity index is 1600. The van der Waals surface area contributed by atoms with Gasteiger partial charge in [0.1, 0.15) is 17.0 Å². The summed E-state index contributed by atoms with van der Waals surface area (Å²) in [6.07, 6.45) is 4.08. The molecule has 1 aliphatic carbocycles. The number of carboxylic acid groups (broad SMARTS) is 1. The fourth-order valence-corrected chi connectivity index (χ4v) is 5.46. The summed E-state index contributed by atoms with van der Waals surface area (Å²) in [5.41, 5.74) is 3.19. The van der Waals surface area contributed by atoms with E-state index in [2.05, 4.69) is 16.4 Å². The van der Waals surface area contributed by atoms with Gasteiger partial charge in [-0.05, 0) is 79.3 Å². The van der Waals surface area contributed by atoms with Crippen LogP contribution in [0.15, 0.2) is 64.5 Å². The Labute approximate surface area is 231 Å². The second kappa shape index (κ2) is 12.9. The molecule has 5 rings (SSSR count). The number of nitrogens with zero attached hydrogens (tertiary/aromatic N) is 2. The highest BCUT2D eigenvalue weighted by Gasteiger charge is 2.17. The van der Waals surface area contributed by atoms with Crippen molar-refractivity contribution in [2.45, 2.75) is 37.3 Å². The predicted molar refractivity (Wildman–Crippen MR) is 148 cm³/mol. The van der Waals surface area contributed by atoms with Crippen molar-refractivity contribution in [2.75, 3.05) is 11.1 Å². The van der Waals surface area contributed by atoms with Crippen molar-refractivity contribution in [3.05, 3.63) is 92.7 Å². The first-order valence-corrected chi connectivity index (χ1v) is 13.5. The highest BCUT2D eigenvalue weighted by molar-refractivity contribution is 7.99. The molecule has 39 heavy (non-hydrogen) atoms. The summed E-state index contributed by atoms with van der Waals surface area (Å²) in [4.78, 5) is 38.5. The van der Waals surface area contributed by atoms with Gasteiger partial charge in [0, 0.05) is 17.9 Å². The molecule has 3 aromatic carbocycles. The molecule has 1 amide bonds. The average molecular weight is 572 g/mol. The monoisotopic (exact) mass is 571 g/mol. The number of anilines is 1. The molecule has 1 aromatic heterocycles.